The van der Waals surface area contributed by atoms with Crippen molar-refractivity contribution in [3.63, 3.8) is 0 Å². The maximum Gasteiger partial charge on any atom is 0.235 e. The van der Waals surface area contributed by atoms with Crippen LogP contribution in [0.3, 0.4) is 0 Å². The van der Waals surface area contributed by atoms with Crippen LogP contribution in [0, 0.1) is 17.2 Å². The number of hydrogen-bond donors (Lipinski definition) is 1. The van der Waals surface area contributed by atoms with E-state index in [1.807, 2.05) is 30.7 Å². The summed E-state index contributed by atoms with van der Waals surface area (Å²) in [7, 11) is 1.84. The monoisotopic (exact) mass is 501 g/mol. The highest BCUT2D eigenvalue weighted by Crippen LogP contribution is 2.39. The van der Waals surface area contributed by atoms with Gasteiger partial charge in [0.15, 0.2) is 17.1 Å². The zero-order valence-corrected chi connectivity index (χ0v) is 21.0. The number of para-hydroxylation sites is 1. The van der Waals surface area contributed by atoms with Crippen LogP contribution in [0.2, 0.25) is 5.02 Å². The van der Waals surface area contributed by atoms with E-state index in [-0.39, 0.29) is 17.8 Å². The maximum absolute atomic E-state index is 12.6. The van der Waals surface area contributed by atoms with E-state index in [9.17, 15) is 10.1 Å². The summed E-state index contributed by atoms with van der Waals surface area (Å²) in [5.74, 6) is 1.80. The normalized spacial score (nSPS) is 16.0. The number of nitrogens with zero attached hydrogens (tertiary/aromatic N) is 4. The highest BCUT2D eigenvalue weighted by atomic mass is 35.5. The molecule has 0 bridgehead atoms. The molecule has 1 N–H and O–H groups in total. The van der Waals surface area contributed by atoms with Crippen molar-refractivity contribution in [3.05, 3.63) is 51.1 Å². The zero-order valence-electron chi connectivity index (χ0n) is 18.6. The van der Waals surface area contributed by atoms with Crippen molar-refractivity contribution in [1.82, 2.24) is 14.8 Å². The molecular formula is C23H24ClN5O2S2. The Labute approximate surface area is 206 Å². The van der Waals surface area contributed by atoms with Gasteiger partial charge in [0, 0.05) is 11.9 Å². The summed E-state index contributed by atoms with van der Waals surface area (Å²) in [5, 5.41) is 22.8. The van der Waals surface area contributed by atoms with Crippen LogP contribution in [-0.2, 0) is 24.7 Å². The number of carbonyl (C=O) groups excluding carboxylic acids is 1. The Kier molecular flexibility index (Phi) is 7.27. The van der Waals surface area contributed by atoms with Gasteiger partial charge in [0.1, 0.15) is 16.8 Å². The summed E-state index contributed by atoms with van der Waals surface area (Å²) in [5.41, 5.74) is 1.72. The van der Waals surface area contributed by atoms with Crippen LogP contribution >= 0.6 is 34.7 Å². The van der Waals surface area contributed by atoms with E-state index in [0.717, 1.165) is 24.8 Å². The molecule has 1 amide bonds. The Morgan fingerprint density at radius 3 is 3.00 bits per heavy atom. The van der Waals surface area contributed by atoms with Gasteiger partial charge < -0.3 is 14.6 Å². The fraction of sp³-hybridized carbons (Fsp3) is 0.391. The van der Waals surface area contributed by atoms with Crippen LogP contribution in [0.1, 0.15) is 48.2 Å². The van der Waals surface area contributed by atoms with E-state index < -0.39 is 0 Å². The molecular weight excluding hydrogens is 478 g/mol. The second-order valence-corrected chi connectivity index (χ2v) is 10.5. The Balaban J connectivity index is 1.38. The second kappa shape index (κ2) is 10.2. The van der Waals surface area contributed by atoms with Crippen molar-refractivity contribution in [2.75, 3.05) is 11.1 Å². The van der Waals surface area contributed by atoms with Crippen LogP contribution in [-0.4, -0.2) is 26.4 Å². The average molecular weight is 502 g/mol. The lowest BCUT2D eigenvalue weighted by molar-refractivity contribution is -0.113. The lowest BCUT2D eigenvalue weighted by atomic mass is 9.89. The number of benzene rings is 1. The number of thioether (sulfide) groups is 1. The fourth-order valence-electron chi connectivity index (χ4n) is 3.84. The highest BCUT2D eigenvalue weighted by molar-refractivity contribution is 7.99. The number of nitrogens with one attached hydrogen (secondary N) is 1. The van der Waals surface area contributed by atoms with Gasteiger partial charge in [-0.3, -0.25) is 4.79 Å². The molecule has 0 saturated carbocycles. The minimum absolute atomic E-state index is 0.162. The molecule has 1 aliphatic rings. The van der Waals surface area contributed by atoms with E-state index in [1.165, 1.54) is 28.0 Å². The number of amides is 1. The quantitative estimate of drug-likeness (QED) is 0.436. The van der Waals surface area contributed by atoms with Crippen LogP contribution < -0.4 is 10.1 Å². The van der Waals surface area contributed by atoms with Crippen LogP contribution in [0.15, 0.2) is 29.4 Å². The predicted octanol–water partition coefficient (Wildman–Crippen LogP) is 5.40. The number of aromatic nitrogens is 3. The van der Waals surface area contributed by atoms with Gasteiger partial charge in [0.2, 0.25) is 5.91 Å². The minimum Gasteiger partial charge on any atom is -0.481 e. The Morgan fingerprint density at radius 2 is 2.24 bits per heavy atom. The van der Waals surface area contributed by atoms with Gasteiger partial charge in [-0.25, -0.2) is 0 Å². The lowest BCUT2D eigenvalue weighted by Gasteiger charge is -2.17. The lowest BCUT2D eigenvalue weighted by Crippen LogP contribution is -2.15. The van der Waals surface area contributed by atoms with Crippen molar-refractivity contribution in [3.8, 4) is 11.8 Å². The van der Waals surface area contributed by atoms with Crippen molar-refractivity contribution in [1.29, 1.82) is 5.26 Å². The molecule has 3 aromatic rings. The smallest absolute Gasteiger partial charge is 0.235 e. The van der Waals surface area contributed by atoms with Gasteiger partial charge in [-0.05, 0) is 49.8 Å². The largest absolute Gasteiger partial charge is 0.481 e. The van der Waals surface area contributed by atoms with E-state index >= 15 is 0 Å². The number of carbonyl (C=O) groups is 1. The van der Waals surface area contributed by atoms with E-state index in [1.54, 1.807) is 12.1 Å². The first-order chi connectivity index (χ1) is 15.9. The number of fused-ring (bicyclic) bond motifs is 1. The summed E-state index contributed by atoms with van der Waals surface area (Å²) in [6.07, 6.45) is 2.57. The van der Waals surface area contributed by atoms with Crippen LogP contribution in [0.5, 0.6) is 5.75 Å². The first-order valence-electron chi connectivity index (χ1n) is 10.6. The third-order valence-electron chi connectivity index (χ3n) is 5.58. The van der Waals surface area contributed by atoms with E-state index in [0.29, 0.717) is 38.2 Å². The van der Waals surface area contributed by atoms with Gasteiger partial charge >= 0.3 is 0 Å². The number of hydrogen-bond acceptors (Lipinski definition) is 7. The van der Waals surface area contributed by atoms with Crippen molar-refractivity contribution < 1.29 is 9.53 Å². The molecule has 2 aromatic heterocycles. The molecule has 2 atom stereocenters. The van der Waals surface area contributed by atoms with Gasteiger partial charge in [-0.1, -0.05) is 42.4 Å². The van der Waals surface area contributed by atoms with Gasteiger partial charge in [-0.2, -0.15) is 5.26 Å². The molecule has 2 unspecified atom stereocenters. The summed E-state index contributed by atoms with van der Waals surface area (Å²) in [4.78, 5) is 13.9. The molecule has 0 radical (unpaired) electrons. The summed E-state index contributed by atoms with van der Waals surface area (Å²) >= 11 is 9.00. The molecule has 4 rings (SSSR count). The van der Waals surface area contributed by atoms with E-state index in [2.05, 4.69) is 28.5 Å². The first-order valence-corrected chi connectivity index (χ1v) is 12.8. The number of anilines is 1. The third kappa shape index (κ3) is 5.18. The van der Waals surface area contributed by atoms with Crippen molar-refractivity contribution in [2.45, 2.75) is 44.4 Å². The van der Waals surface area contributed by atoms with Crippen molar-refractivity contribution in [2.24, 2.45) is 13.0 Å². The highest BCUT2D eigenvalue weighted by Gasteiger charge is 2.25. The Morgan fingerprint density at radius 1 is 1.45 bits per heavy atom. The molecule has 1 aliphatic carbocycles. The second-order valence-electron chi connectivity index (χ2n) is 8.09. The zero-order chi connectivity index (χ0) is 23.5. The molecule has 172 valence electrons. The molecule has 10 heteroatoms. The molecule has 33 heavy (non-hydrogen) atoms. The molecule has 0 saturated heterocycles. The molecule has 7 nitrogen and oxygen atoms in total. The average Bonchev–Trinajstić information content (AvgIpc) is 3.32. The molecule has 0 aliphatic heterocycles. The van der Waals surface area contributed by atoms with Gasteiger partial charge in [0.25, 0.3) is 0 Å². The van der Waals surface area contributed by atoms with E-state index in [4.69, 9.17) is 16.3 Å². The molecule has 1 aromatic carbocycles. The predicted molar refractivity (Wildman–Crippen MR) is 131 cm³/mol. The summed E-state index contributed by atoms with van der Waals surface area (Å²) in [6, 6.07) is 9.55. The Hall–Kier alpha value is -2.54. The first kappa shape index (κ1) is 23.6. The number of rotatable bonds is 7. The van der Waals surface area contributed by atoms with Crippen LogP contribution in [0.25, 0.3) is 0 Å². The van der Waals surface area contributed by atoms with Crippen LogP contribution in [0.4, 0.5) is 5.00 Å². The number of ether oxygens (including phenoxy) is 1. The number of halogens is 1. The standard InChI is InChI=1S/C23H24ClN5O2S2/c1-13-8-9-15-16(11-25)22(33-19(15)10-13)26-20(30)12-32-23-28-27-21(29(23)3)14(2)31-18-7-5-4-6-17(18)24/h4-7,13-14H,8-10,12H2,1-3H3,(H,26,30). The number of nitriles is 1. The summed E-state index contributed by atoms with van der Waals surface area (Å²) in [6.45, 7) is 4.09. The topological polar surface area (TPSA) is 92.8 Å². The molecule has 2 heterocycles. The van der Waals surface area contributed by atoms with Gasteiger partial charge in [0.05, 0.1) is 16.3 Å². The Bertz CT molecular complexity index is 1220. The van der Waals surface area contributed by atoms with Gasteiger partial charge in [-0.15, -0.1) is 21.5 Å². The molecule has 0 fully saturated rings. The third-order valence-corrected chi connectivity index (χ3v) is 8.08. The fourth-order valence-corrected chi connectivity index (χ4v) is 6.11. The molecule has 0 spiro atoms. The SMILES string of the molecule is CC1CCc2c(sc(NC(=O)CSc3nnc(C(C)Oc4ccccc4Cl)n3C)c2C#N)C1. The minimum atomic E-state index is -0.372. The maximum atomic E-state index is 12.6. The summed E-state index contributed by atoms with van der Waals surface area (Å²) < 4.78 is 7.74. The van der Waals surface area contributed by atoms with Crippen molar-refractivity contribution >= 4 is 45.6 Å². The number of thiophene rings is 1.